The normalized spacial score (nSPS) is 14.2. The van der Waals surface area contributed by atoms with Crippen LogP contribution in [0.25, 0.3) is 5.69 Å². The van der Waals surface area contributed by atoms with Crippen LogP contribution >= 0.6 is 0 Å². The smallest absolute Gasteiger partial charge is 0.240 e. The van der Waals surface area contributed by atoms with Crippen LogP contribution in [0.4, 0.5) is 0 Å². The van der Waals surface area contributed by atoms with Crippen molar-refractivity contribution in [3.63, 3.8) is 0 Å². The van der Waals surface area contributed by atoms with Crippen molar-refractivity contribution in [1.82, 2.24) is 24.7 Å². The van der Waals surface area contributed by atoms with Gasteiger partial charge in [0.1, 0.15) is 0 Å². The van der Waals surface area contributed by atoms with Gasteiger partial charge in [-0.05, 0) is 61.1 Å². The van der Waals surface area contributed by atoms with Crippen molar-refractivity contribution in [1.29, 1.82) is 0 Å². The minimum atomic E-state index is -3.59. The first-order valence-corrected chi connectivity index (χ1v) is 10.0. The largest absolute Gasteiger partial charge is 0.262 e. The van der Waals surface area contributed by atoms with Crippen LogP contribution in [-0.2, 0) is 29.4 Å². The van der Waals surface area contributed by atoms with Crippen LogP contribution in [0.15, 0.2) is 53.8 Å². The van der Waals surface area contributed by atoms with E-state index in [9.17, 15) is 8.42 Å². The zero-order chi connectivity index (χ0) is 18.0. The Bertz CT molecular complexity index is 1020. The summed E-state index contributed by atoms with van der Waals surface area (Å²) in [5.74, 6) is 0. The third kappa shape index (κ3) is 3.51. The number of nitrogens with zero attached hydrogens (tertiary/aromatic N) is 4. The summed E-state index contributed by atoms with van der Waals surface area (Å²) in [6, 6.07) is 9.06. The van der Waals surface area contributed by atoms with Gasteiger partial charge in [0.05, 0.1) is 35.2 Å². The van der Waals surface area contributed by atoms with Crippen molar-refractivity contribution in [2.45, 2.75) is 37.1 Å². The van der Waals surface area contributed by atoms with Gasteiger partial charge in [-0.25, -0.2) is 17.8 Å². The molecule has 1 aliphatic carbocycles. The molecule has 4 rings (SSSR count). The minimum absolute atomic E-state index is 0.0830. The zero-order valence-corrected chi connectivity index (χ0v) is 15.0. The molecule has 0 saturated heterocycles. The van der Waals surface area contributed by atoms with Crippen LogP contribution in [0.5, 0.6) is 0 Å². The lowest BCUT2D eigenvalue weighted by atomic mass is 9.92. The summed E-state index contributed by atoms with van der Waals surface area (Å²) < 4.78 is 29.4. The second-order valence-electron chi connectivity index (χ2n) is 6.33. The molecule has 1 aliphatic rings. The Kier molecular flexibility index (Phi) is 4.52. The van der Waals surface area contributed by atoms with Gasteiger partial charge in [-0.2, -0.15) is 0 Å². The molecular formula is C18H19N5O2S. The number of rotatable bonds is 5. The quantitative estimate of drug-likeness (QED) is 0.743. The molecular weight excluding hydrogens is 350 g/mol. The van der Waals surface area contributed by atoms with Gasteiger partial charge in [-0.3, -0.25) is 4.98 Å². The molecule has 0 fully saturated rings. The third-order valence-electron chi connectivity index (χ3n) is 4.52. The van der Waals surface area contributed by atoms with Crippen LogP contribution < -0.4 is 4.72 Å². The molecule has 134 valence electrons. The maximum Gasteiger partial charge on any atom is 0.240 e. The number of nitrogens with one attached hydrogen (secondary N) is 1. The van der Waals surface area contributed by atoms with E-state index < -0.39 is 10.0 Å². The summed E-state index contributed by atoms with van der Waals surface area (Å²) >= 11 is 0. The highest BCUT2D eigenvalue weighted by molar-refractivity contribution is 7.89. The van der Waals surface area contributed by atoms with Gasteiger partial charge < -0.3 is 0 Å². The molecule has 2 heterocycles. The van der Waals surface area contributed by atoms with Crippen molar-refractivity contribution < 1.29 is 8.42 Å². The summed E-state index contributed by atoms with van der Waals surface area (Å²) in [6.07, 6.45) is 9.28. The number of aryl methyl sites for hydroxylation is 2. The molecule has 1 aromatic carbocycles. The van der Waals surface area contributed by atoms with Gasteiger partial charge in [0, 0.05) is 6.20 Å². The molecule has 7 nitrogen and oxygen atoms in total. The first kappa shape index (κ1) is 16.9. The number of hydrogen-bond acceptors (Lipinski definition) is 5. The molecule has 0 atom stereocenters. The molecule has 1 N–H and O–H groups in total. The number of hydrogen-bond donors (Lipinski definition) is 1. The Labute approximate surface area is 152 Å². The lowest BCUT2D eigenvalue weighted by molar-refractivity contribution is 0.579. The Morgan fingerprint density at radius 3 is 2.77 bits per heavy atom. The van der Waals surface area contributed by atoms with E-state index in [0.717, 1.165) is 30.5 Å². The molecule has 0 saturated carbocycles. The second-order valence-corrected chi connectivity index (χ2v) is 8.09. The Morgan fingerprint density at radius 2 is 1.96 bits per heavy atom. The molecule has 0 spiro atoms. The monoisotopic (exact) mass is 369 g/mol. The lowest BCUT2D eigenvalue weighted by Gasteiger charge is -2.16. The molecule has 0 unspecified atom stereocenters. The third-order valence-corrected chi connectivity index (χ3v) is 5.92. The fourth-order valence-corrected chi connectivity index (χ4v) is 4.17. The Morgan fingerprint density at radius 1 is 1.12 bits per heavy atom. The SMILES string of the molecule is O=S(=O)(NCc1cn(-c2cccnc2)nn1)c1ccc2c(c1)CCCC2. The van der Waals surface area contributed by atoms with E-state index in [4.69, 9.17) is 0 Å². The average Bonchev–Trinajstić information content (AvgIpc) is 3.16. The van der Waals surface area contributed by atoms with Crippen molar-refractivity contribution in [2.75, 3.05) is 0 Å². The summed E-state index contributed by atoms with van der Waals surface area (Å²) in [5.41, 5.74) is 3.70. The first-order valence-electron chi connectivity index (χ1n) is 8.55. The standard InChI is InChI=1S/C18H19N5O2S/c24-26(25,18-8-7-14-4-1-2-5-15(14)10-18)20-11-16-13-23(22-21-16)17-6-3-9-19-12-17/h3,6-10,12-13,20H,1-2,4-5,11H2. The molecule has 2 aromatic heterocycles. The lowest BCUT2D eigenvalue weighted by Crippen LogP contribution is -2.24. The van der Waals surface area contributed by atoms with Crippen LogP contribution in [0, 0.1) is 0 Å². The van der Waals surface area contributed by atoms with E-state index in [2.05, 4.69) is 20.0 Å². The van der Waals surface area contributed by atoms with Gasteiger partial charge in [0.2, 0.25) is 10.0 Å². The summed E-state index contributed by atoms with van der Waals surface area (Å²) in [4.78, 5) is 4.33. The van der Waals surface area contributed by atoms with E-state index in [-0.39, 0.29) is 6.54 Å². The van der Waals surface area contributed by atoms with Gasteiger partial charge in [-0.15, -0.1) is 5.10 Å². The molecule has 8 heteroatoms. The van der Waals surface area contributed by atoms with Crippen molar-refractivity contribution in [3.05, 3.63) is 65.7 Å². The van der Waals surface area contributed by atoms with Crippen LogP contribution in [0.2, 0.25) is 0 Å². The zero-order valence-electron chi connectivity index (χ0n) is 14.2. The number of sulfonamides is 1. The van der Waals surface area contributed by atoms with Crippen LogP contribution in [0.1, 0.15) is 29.7 Å². The van der Waals surface area contributed by atoms with E-state index in [1.807, 2.05) is 12.1 Å². The van der Waals surface area contributed by atoms with Crippen molar-refractivity contribution >= 4 is 10.0 Å². The highest BCUT2D eigenvalue weighted by atomic mass is 32.2. The topological polar surface area (TPSA) is 89.8 Å². The predicted octanol–water partition coefficient (Wildman–Crippen LogP) is 2.02. The van der Waals surface area contributed by atoms with E-state index in [0.29, 0.717) is 10.6 Å². The molecule has 0 aliphatic heterocycles. The van der Waals surface area contributed by atoms with Gasteiger partial charge >= 0.3 is 0 Å². The summed E-state index contributed by atoms with van der Waals surface area (Å²) in [6.45, 7) is 0.0830. The molecule has 3 aromatic rings. The minimum Gasteiger partial charge on any atom is -0.262 e. The first-order chi connectivity index (χ1) is 12.6. The number of pyridine rings is 1. The molecule has 26 heavy (non-hydrogen) atoms. The number of fused-ring (bicyclic) bond motifs is 1. The molecule has 0 amide bonds. The van der Waals surface area contributed by atoms with Crippen LogP contribution in [0.3, 0.4) is 0 Å². The maximum absolute atomic E-state index is 12.6. The summed E-state index contributed by atoms with van der Waals surface area (Å²) in [5, 5.41) is 8.03. The second kappa shape index (κ2) is 6.97. The average molecular weight is 369 g/mol. The summed E-state index contributed by atoms with van der Waals surface area (Å²) in [7, 11) is -3.59. The maximum atomic E-state index is 12.6. The van der Waals surface area contributed by atoms with Crippen molar-refractivity contribution in [2.24, 2.45) is 0 Å². The van der Waals surface area contributed by atoms with E-state index in [1.54, 1.807) is 41.5 Å². The van der Waals surface area contributed by atoms with Gasteiger partial charge in [0.25, 0.3) is 0 Å². The number of benzene rings is 1. The highest BCUT2D eigenvalue weighted by Crippen LogP contribution is 2.24. The number of aromatic nitrogens is 4. The van der Waals surface area contributed by atoms with Gasteiger partial charge in [-0.1, -0.05) is 11.3 Å². The van der Waals surface area contributed by atoms with Crippen LogP contribution in [-0.4, -0.2) is 28.4 Å². The molecule has 0 bridgehead atoms. The van der Waals surface area contributed by atoms with E-state index >= 15 is 0 Å². The Hall–Kier alpha value is -2.58. The highest BCUT2D eigenvalue weighted by Gasteiger charge is 2.18. The Balaban J connectivity index is 1.48. The predicted molar refractivity (Wildman–Crippen MR) is 96.3 cm³/mol. The fraction of sp³-hybridized carbons (Fsp3) is 0.278. The van der Waals surface area contributed by atoms with Crippen molar-refractivity contribution in [3.8, 4) is 5.69 Å². The van der Waals surface area contributed by atoms with Gasteiger partial charge in [0.15, 0.2) is 0 Å². The molecule has 0 radical (unpaired) electrons. The van der Waals surface area contributed by atoms with E-state index in [1.165, 1.54) is 12.0 Å². The fourth-order valence-electron chi connectivity index (χ4n) is 3.12.